The van der Waals surface area contributed by atoms with Gasteiger partial charge >= 0.3 is 11.7 Å². The summed E-state index contributed by atoms with van der Waals surface area (Å²) in [4.78, 5) is 36.5. The van der Waals surface area contributed by atoms with Gasteiger partial charge in [0.1, 0.15) is 28.6 Å². The van der Waals surface area contributed by atoms with Crippen molar-refractivity contribution < 1.29 is 28.3 Å². The Morgan fingerprint density at radius 2 is 1.89 bits per heavy atom. The van der Waals surface area contributed by atoms with Crippen molar-refractivity contribution in [1.82, 2.24) is 5.32 Å². The predicted molar refractivity (Wildman–Crippen MR) is 133 cm³/mol. The number of rotatable bonds is 14. The van der Waals surface area contributed by atoms with Gasteiger partial charge in [-0.1, -0.05) is 46.1 Å². The second-order valence-electron chi connectivity index (χ2n) is 8.86. The fourth-order valence-corrected chi connectivity index (χ4v) is 3.76. The SMILES string of the molecule is CCCCCCc1ccc(CC(C)C(=O)c2c(O)cc(C(C)CC/C=C/NC(=O)OC)oc2=O)o1. The van der Waals surface area contributed by atoms with Crippen LogP contribution in [0.5, 0.6) is 5.75 Å². The first kappa shape index (κ1) is 28.0. The molecular weight excluding hydrogens is 450 g/mol. The van der Waals surface area contributed by atoms with Gasteiger partial charge < -0.3 is 18.7 Å². The molecule has 0 saturated carbocycles. The number of allylic oxidation sites excluding steroid dienone is 1. The number of hydrogen-bond donors (Lipinski definition) is 2. The van der Waals surface area contributed by atoms with E-state index in [9.17, 15) is 19.5 Å². The number of unbranched alkanes of at least 4 members (excludes halogenated alkanes) is 3. The molecule has 0 aliphatic rings. The van der Waals surface area contributed by atoms with Crippen molar-refractivity contribution in [3.05, 3.63) is 63.7 Å². The van der Waals surface area contributed by atoms with E-state index >= 15 is 0 Å². The monoisotopic (exact) mass is 487 g/mol. The Hall–Kier alpha value is -3.29. The molecule has 2 rings (SSSR count). The quantitative estimate of drug-likeness (QED) is 0.252. The first-order valence-electron chi connectivity index (χ1n) is 12.2. The summed E-state index contributed by atoms with van der Waals surface area (Å²) in [6, 6.07) is 5.13. The minimum absolute atomic E-state index is 0.184. The number of Topliss-reactive ketones (excluding diaryl/α,β-unsaturated/α-hetero) is 1. The van der Waals surface area contributed by atoms with Crippen LogP contribution < -0.4 is 10.9 Å². The highest BCUT2D eigenvalue weighted by atomic mass is 16.5. The predicted octanol–water partition coefficient (Wildman–Crippen LogP) is 5.88. The number of alkyl carbamates (subject to hydrolysis) is 1. The van der Waals surface area contributed by atoms with Crippen LogP contribution in [0.3, 0.4) is 0 Å². The molecule has 8 heteroatoms. The third kappa shape index (κ3) is 8.77. The second kappa shape index (κ2) is 14.2. The second-order valence-corrected chi connectivity index (χ2v) is 8.86. The molecule has 2 atom stereocenters. The third-order valence-corrected chi connectivity index (χ3v) is 5.90. The smallest absolute Gasteiger partial charge is 0.410 e. The van der Waals surface area contributed by atoms with Crippen LogP contribution in [0, 0.1) is 5.92 Å². The van der Waals surface area contributed by atoms with Gasteiger partial charge in [-0.2, -0.15) is 0 Å². The van der Waals surface area contributed by atoms with Crippen molar-refractivity contribution >= 4 is 11.9 Å². The summed E-state index contributed by atoms with van der Waals surface area (Å²) in [5, 5.41) is 12.9. The summed E-state index contributed by atoms with van der Waals surface area (Å²) in [5.41, 5.74) is -1.18. The number of amides is 1. The van der Waals surface area contributed by atoms with E-state index in [2.05, 4.69) is 17.0 Å². The molecule has 2 unspecified atom stereocenters. The normalized spacial score (nSPS) is 13.0. The topological polar surface area (TPSA) is 119 Å². The molecule has 0 bridgehead atoms. The van der Waals surface area contributed by atoms with Crippen LogP contribution in [0.2, 0.25) is 0 Å². The zero-order valence-electron chi connectivity index (χ0n) is 21.1. The molecule has 0 fully saturated rings. The zero-order chi connectivity index (χ0) is 25.8. The Morgan fingerprint density at radius 1 is 1.14 bits per heavy atom. The molecule has 2 aromatic heterocycles. The molecule has 0 aliphatic heterocycles. The first-order valence-corrected chi connectivity index (χ1v) is 12.2. The molecule has 2 heterocycles. The van der Waals surface area contributed by atoms with Crippen LogP contribution in [0.1, 0.15) is 92.9 Å². The van der Waals surface area contributed by atoms with Crippen LogP contribution in [-0.2, 0) is 17.6 Å². The molecule has 8 nitrogen and oxygen atoms in total. The van der Waals surface area contributed by atoms with E-state index in [0.29, 0.717) is 30.8 Å². The lowest BCUT2D eigenvalue weighted by atomic mass is 9.95. The van der Waals surface area contributed by atoms with Crippen molar-refractivity contribution in [2.24, 2.45) is 5.92 Å². The van der Waals surface area contributed by atoms with E-state index < -0.39 is 23.4 Å². The molecule has 0 aliphatic carbocycles. The van der Waals surface area contributed by atoms with Gasteiger partial charge in [0.05, 0.1) is 7.11 Å². The number of nitrogens with one attached hydrogen (secondary N) is 1. The van der Waals surface area contributed by atoms with Gasteiger partial charge in [0, 0.05) is 36.9 Å². The van der Waals surface area contributed by atoms with Crippen molar-refractivity contribution in [1.29, 1.82) is 0 Å². The molecule has 1 amide bonds. The molecule has 0 aromatic carbocycles. The van der Waals surface area contributed by atoms with Crippen molar-refractivity contribution in [2.75, 3.05) is 7.11 Å². The van der Waals surface area contributed by atoms with Crippen LogP contribution >= 0.6 is 0 Å². The van der Waals surface area contributed by atoms with E-state index in [-0.39, 0.29) is 17.2 Å². The van der Waals surface area contributed by atoms with E-state index in [4.69, 9.17) is 8.83 Å². The summed E-state index contributed by atoms with van der Waals surface area (Å²) in [7, 11) is 1.28. The lowest BCUT2D eigenvalue weighted by Gasteiger charge is -2.13. The van der Waals surface area contributed by atoms with E-state index in [1.807, 2.05) is 19.1 Å². The van der Waals surface area contributed by atoms with Gasteiger partial charge in [-0.15, -0.1) is 0 Å². The Labute approximate surface area is 206 Å². The molecule has 192 valence electrons. The first-order chi connectivity index (χ1) is 16.8. The van der Waals surface area contributed by atoms with Crippen LogP contribution in [0.25, 0.3) is 0 Å². The number of ether oxygens (including phenoxy) is 1. The summed E-state index contributed by atoms with van der Waals surface area (Å²) >= 11 is 0. The standard InChI is InChI=1S/C27H37NO7/c1-5-6-7-8-12-20-13-14-21(34-20)16-19(3)25(30)24-22(29)17-23(35-26(24)31)18(2)11-9-10-15-28-27(32)33-4/h10,13-15,17-19,29H,5-9,11-12,16H2,1-4H3,(H,28,32)/b15-10+. The summed E-state index contributed by atoms with van der Waals surface area (Å²) in [6.07, 6.45) is 9.66. The zero-order valence-corrected chi connectivity index (χ0v) is 21.1. The maximum atomic E-state index is 12.9. The third-order valence-electron chi connectivity index (χ3n) is 5.90. The van der Waals surface area contributed by atoms with Gasteiger partial charge in [-0.3, -0.25) is 10.1 Å². The molecule has 0 spiro atoms. The number of carbonyl (C=O) groups excluding carboxylic acids is 2. The van der Waals surface area contributed by atoms with E-state index in [1.54, 1.807) is 13.0 Å². The van der Waals surface area contributed by atoms with Gasteiger partial charge in [-0.25, -0.2) is 9.59 Å². The maximum absolute atomic E-state index is 12.9. The molecular formula is C27H37NO7. The van der Waals surface area contributed by atoms with Gasteiger partial charge in [0.15, 0.2) is 5.78 Å². The Kier molecular flexibility index (Phi) is 11.3. The summed E-state index contributed by atoms with van der Waals surface area (Å²) in [6.45, 7) is 5.72. The lowest BCUT2D eigenvalue weighted by Crippen LogP contribution is -2.22. The highest BCUT2D eigenvalue weighted by Crippen LogP contribution is 2.27. The maximum Gasteiger partial charge on any atom is 0.410 e. The molecule has 0 radical (unpaired) electrons. The molecule has 2 aromatic rings. The van der Waals surface area contributed by atoms with E-state index in [1.165, 1.54) is 32.2 Å². The fraction of sp³-hybridized carbons (Fsp3) is 0.519. The minimum atomic E-state index is -0.845. The minimum Gasteiger partial charge on any atom is -0.507 e. The number of ketones is 1. The Morgan fingerprint density at radius 3 is 2.57 bits per heavy atom. The van der Waals surface area contributed by atoms with E-state index in [0.717, 1.165) is 25.0 Å². The number of methoxy groups -OCH3 is 1. The van der Waals surface area contributed by atoms with Crippen LogP contribution in [-0.4, -0.2) is 24.1 Å². The number of hydrogen-bond acceptors (Lipinski definition) is 7. The van der Waals surface area contributed by atoms with Crippen molar-refractivity contribution in [2.45, 2.75) is 78.1 Å². The average Bonchev–Trinajstić information content (AvgIpc) is 3.27. The lowest BCUT2D eigenvalue weighted by molar-refractivity contribution is 0.0917. The highest BCUT2D eigenvalue weighted by molar-refractivity contribution is 5.99. The van der Waals surface area contributed by atoms with Crippen molar-refractivity contribution in [3.8, 4) is 5.75 Å². The Balaban J connectivity index is 1.97. The average molecular weight is 488 g/mol. The van der Waals surface area contributed by atoms with Gasteiger partial charge in [0.2, 0.25) is 0 Å². The van der Waals surface area contributed by atoms with Gasteiger partial charge in [0.25, 0.3) is 0 Å². The Bertz CT molecular complexity index is 1050. The van der Waals surface area contributed by atoms with Gasteiger partial charge in [-0.05, 0) is 31.4 Å². The largest absolute Gasteiger partial charge is 0.507 e. The molecule has 0 saturated heterocycles. The molecule has 2 N–H and O–H groups in total. The highest BCUT2D eigenvalue weighted by Gasteiger charge is 2.26. The number of aryl methyl sites for hydroxylation is 1. The van der Waals surface area contributed by atoms with Crippen LogP contribution in [0.4, 0.5) is 4.79 Å². The number of furan rings is 1. The number of aromatic hydroxyl groups is 1. The fourth-order valence-electron chi connectivity index (χ4n) is 3.76. The van der Waals surface area contributed by atoms with Crippen molar-refractivity contribution in [3.63, 3.8) is 0 Å². The summed E-state index contributed by atoms with van der Waals surface area (Å²) in [5.74, 6) is 0.278. The van der Waals surface area contributed by atoms with Crippen LogP contribution in [0.15, 0.2) is 44.1 Å². The summed E-state index contributed by atoms with van der Waals surface area (Å²) < 4.78 is 15.7. The molecule has 35 heavy (non-hydrogen) atoms. The number of carbonyl (C=O) groups is 2.